The van der Waals surface area contributed by atoms with E-state index in [1.807, 2.05) is 18.2 Å². The number of aryl methyl sites for hydroxylation is 1. The van der Waals surface area contributed by atoms with Crippen LogP contribution in [0.25, 0.3) is 0 Å². The molecule has 1 heterocycles. The molecule has 7 nitrogen and oxygen atoms in total. The van der Waals surface area contributed by atoms with Gasteiger partial charge in [-0.2, -0.15) is 0 Å². The predicted octanol–water partition coefficient (Wildman–Crippen LogP) is 4.09. The number of thiazole rings is 1. The first-order valence-electron chi connectivity index (χ1n) is 11.6. The number of halogens is 2. The van der Waals surface area contributed by atoms with Gasteiger partial charge in [0.1, 0.15) is 17.6 Å². The number of aliphatic carboxylic acids is 1. The van der Waals surface area contributed by atoms with E-state index < -0.39 is 35.5 Å². The summed E-state index contributed by atoms with van der Waals surface area (Å²) in [6.07, 6.45) is 0.964. The fourth-order valence-corrected chi connectivity index (χ4v) is 4.97. The van der Waals surface area contributed by atoms with Crippen LogP contribution in [0.5, 0.6) is 0 Å². The Morgan fingerprint density at radius 2 is 1.81 bits per heavy atom. The standard InChI is InChI=1S/C26H30F2N4O3S/c1-3-16-5-4-6-17(7-16)12-30-13-21(22(29)10-18-8-19(27)11-20(28)9-18)24(25(34)35)23-14-36-26(32-23)31-15(2)33/h4-9,11,14,21-22,24,30H,3,10,12-13,29H2,1-2H3,(H,34,35)(H,31,32,33)/t21-,22+,24?/m1/s1. The summed E-state index contributed by atoms with van der Waals surface area (Å²) in [6.45, 7) is 4.12. The molecule has 3 atom stereocenters. The van der Waals surface area contributed by atoms with Gasteiger partial charge in [-0.3, -0.25) is 9.59 Å². The van der Waals surface area contributed by atoms with E-state index in [-0.39, 0.29) is 29.7 Å². The summed E-state index contributed by atoms with van der Waals surface area (Å²) in [5.74, 6) is -4.67. The zero-order chi connectivity index (χ0) is 26.2. The largest absolute Gasteiger partial charge is 0.481 e. The highest BCUT2D eigenvalue weighted by atomic mass is 32.1. The Kier molecular flexibility index (Phi) is 9.63. The SMILES string of the molecule is CCc1cccc(CNC[C@@H](C(C(=O)O)c2csc(NC(C)=O)n2)[C@@H](N)Cc2cc(F)cc(F)c2)c1. The Balaban J connectivity index is 1.86. The third kappa shape index (κ3) is 7.64. The maximum absolute atomic E-state index is 13.8. The molecule has 36 heavy (non-hydrogen) atoms. The molecule has 1 unspecified atom stereocenters. The van der Waals surface area contributed by atoms with Crippen molar-refractivity contribution in [2.24, 2.45) is 11.7 Å². The Morgan fingerprint density at radius 3 is 2.44 bits per heavy atom. The second kappa shape index (κ2) is 12.7. The van der Waals surface area contributed by atoms with Crippen LogP contribution in [0, 0.1) is 17.6 Å². The lowest BCUT2D eigenvalue weighted by Gasteiger charge is -2.29. The Morgan fingerprint density at radius 1 is 1.11 bits per heavy atom. The maximum Gasteiger partial charge on any atom is 0.313 e. The smallest absolute Gasteiger partial charge is 0.313 e. The zero-order valence-electron chi connectivity index (χ0n) is 20.1. The number of carboxylic acids is 1. The molecule has 0 bridgehead atoms. The number of amides is 1. The monoisotopic (exact) mass is 516 g/mol. The van der Waals surface area contributed by atoms with Crippen LogP contribution >= 0.6 is 11.3 Å². The van der Waals surface area contributed by atoms with E-state index in [2.05, 4.69) is 28.6 Å². The molecule has 2 aromatic carbocycles. The number of anilines is 1. The van der Waals surface area contributed by atoms with Crippen LogP contribution in [-0.2, 0) is 29.0 Å². The number of hydrogen-bond donors (Lipinski definition) is 4. The minimum atomic E-state index is -1.13. The molecular formula is C26H30F2N4O3S. The molecule has 0 saturated carbocycles. The van der Waals surface area contributed by atoms with Crippen LogP contribution in [-0.4, -0.2) is 34.6 Å². The molecule has 1 amide bonds. The van der Waals surface area contributed by atoms with Crippen LogP contribution < -0.4 is 16.4 Å². The van der Waals surface area contributed by atoms with Crippen molar-refractivity contribution in [3.05, 3.63) is 81.9 Å². The van der Waals surface area contributed by atoms with Gasteiger partial charge in [0.2, 0.25) is 5.91 Å². The molecule has 0 fully saturated rings. The first-order chi connectivity index (χ1) is 17.2. The summed E-state index contributed by atoms with van der Waals surface area (Å²) < 4.78 is 27.5. The van der Waals surface area contributed by atoms with Crippen molar-refractivity contribution >= 4 is 28.3 Å². The number of carbonyl (C=O) groups excluding carboxylic acids is 1. The van der Waals surface area contributed by atoms with Gasteiger partial charge in [0, 0.05) is 43.4 Å². The second-order valence-corrected chi connectivity index (χ2v) is 9.55. The zero-order valence-corrected chi connectivity index (χ0v) is 20.9. The topological polar surface area (TPSA) is 117 Å². The van der Waals surface area contributed by atoms with E-state index >= 15 is 0 Å². The Hall–Kier alpha value is -3.21. The average Bonchev–Trinajstić information content (AvgIpc) is 3.24. The Labute approximate surface area is 212 Å². The molecule has 3 aromatic rings. The van der Waals surface area contributed by atoms with Crippen molar-refractivity contribution in [1.82, 2.24) is 10.3 Å². The number of rotatable bonds is 12. The molecule has 0 aliphatic heterocycles. The van der Waals surface area contributed by atoms with Crippen LogP contribution in [0.2, 0.25) is 0 Å². The van der Waals surface area contributed by atoms with Crippen LogP contribution in [0.15, 0.2) is 47.8 Å². The average molecular weight is 517 g/mol. The molecule has 0 aliphatic rings. The minimum absolute atomic E-state index is 0.0683. The number of nitrogens with two attached hydrogens (primary N) is 1. The van der Waals surface area contributed by atoms with Crippen molar-refractivity contribution < 1.29 is 23.5 Å². The molecule has 0 aliphatic carbocycles. The van der Waals surface area contributed by atoms with Crippen molar-refractivity contribution in [2.75, 3.05) is 11.9 Å². The van der Waals surface area contributed by atoms with E-state index in [0.717, 1.165) is 29.4 Å². The number of carboxylic acid groups (broad SMARTS) is 1. The lowest BCUT2D eigenvalue weighted by atomic mass is 9.81. The summed E-state index contributed by atoms with van der Waals surface area (Å²) in [7, 11) is 0. The van der Waals surface area contributed by atoms with Crippen molar-refractivity contribution in [1.29, 1.82) is 0 Å². The fraction of sp³-hybridized carbons (Fsp3) is 0.346. The molecular weight excluding hydrogens is 486 g/mol. The second-order valence-electron chi connectivity index (χ2n) is 8.69. The Bertz CT molecular complexity index is 1180. The first-order valence-corrected chi connectivity index (χ1v) is 12.5. The summed E-state index contributed by atoms with van der Waals surface area (Å²) in [6, 6.07) is 10.5. The summed E-state index contributed by atoms with van der Waals surface area (Å²) in [4.78, 5) is 28.1. The third-order valence-corrected chi connectivity index (χ3v) is 6.65. The molecule has 5 N–H and O–H groups in total. The van der Waals surface area contributed by atoms with Crippen LogP contribution in [0.1, 0.15) is 42.1 Å². The normalized spacial score (nSPS) is 13.7. The number of nitrogens with one attached hydrogen (secondary N) is 2. The van der Waals surface area contributed by atoms with Gasteiger partial charge >= 0.3 is 5.97 Å². The molecule has 192 valence electrons. The lowest BCUT2D eigenvalue weighted by Crippen LogP contribution is -2.44. The van der Waals surface area contributed by atoms with E-state index in [0.29, 0.717) is 12.1 Å². The lowest BCUT2D eigenvalue weighted by molar-refractivity contribution is -0.140. The maximum atomic E-state index is 13.8. The molecule has 0 radical (unpaired) electrons. The van der Waals surface area contributed by atoms with Crippen molar-refractivity contribution in [2.45, 2.75) is 45.2 Å². The van der Waals surface area contributed by atoms with E-state index in [1.54, 1.807) is 5.38 Å². The van der Waals surface area contributed by atoms with Crippen molar-refractivity contribution in [3.63, 3.8) is 0 Å². The van der Waals surface area contributed by atoms with Gasteiger partial charge < -0.3 is 21.5 Å². The molecule has 0 spiro atoms. The number of hydrogen-bond acceptors (Lipinski definition) is 6. The van der Waals surface area contributed by atoms with Gasteiger partial charge in [0.15, 0.2) is 5.13 Å². The third-order valence-electron chi connectivity index (χ3n) is 5.87. The van der Waals surface area contributed by atoms with E-state index in [9.17, 15) is 23.5 Å². The highest BCUT2D eigenvalue weighted by Gasteiger charge is 2.36. The van der Waals surface area contributed by atoms with Gasteiger partial charge in [0.05, 0.1) is 5.69 Å². The van der Waals surface area contributed by atoms with E-state index in [1.165, 1.54) is 24.6 Å². The van der Waals surface area contributed by atoms with Gasteiger partial charge in [-0.15, -0.1) is 11.3 Å². The predicted molar refractivity (Wildman–Crippen MR) is 136 cm³/mol. The number of carbonyl (C=O) groups is 2. The van der Waals surface area contributed by atoms with Crippen LogP contribution in [0.4, 0.5) is 13.9 Å². The van der Waals surface area contributed by atoms with Crippen LogP contribution in [0.3, 0.4) is 0 Å². The fourth-order valence-electron chi connectivity index (χ4n) is 4.18. The first kappa shape index (κ1) is 27.4. The molecule has 0 saturated heterocycles. The van der Waals surface area contributed by atoms with Gasteiger partial charge in [-0.05, 0) is 41.7 Å². The summed E-state index contributed by atoms with van der Waals surface area (Å²) >= 11 is 1.12. The highest BCUT2D eigenvalue weighted by molar-refractivity contribution is 7.13. The molecule has 10 heteroatoms. The minimum Gasteiger partial charge on any atom is -0.481 e. The van der Waals surface area contributed by atoms with Gasteiger partial charge in [0.25, 0.3) is 0 Å². The van der Waals surface area contributed by atoms with Gasteiger partial charge in [-0.25, -0.2) is 13.8 Å². The molecule has 1 aromatic heterocycles. The van der Waals surface area contributed by atoms with E-state index in [4.69, 9.17) is 5.73 Å². The van der Waals surface area contributed by atoms with Gasteiger partial charge in [-0.1, -0.05) is 31.2 Å². The quantitative estimate of drug-likeness (QED) is 0.288. The molecule has 3 rings (SSSR count). The summed E-state index contributed by atoms with van der Waals surface area (Å²) in [5.41, 5.74) is 9.32. The number of benzene rings is 2. The highest BCUT2D eigenvalue weighted by Crippen LogP contribution is 2.31. The number of nitrogens with zero attached hydrogens (tertiary/aromatic N) is 1. The number of aromatic nitrogens is 1. The summed E-state index contributed by atoms with van der Waals surface area (Å²) in [5, 5.41) is 17.9. The van der Waals surface area contributed by atoms with Crippen molar-refractivity contribution in [3.8, 4) is 0 Å².